The summed E-state index contributed by atoms with van der Waals surface area (Å²) in [7, 11) is 0. The Labute approximate surface area is 143 Å². The largest absolute Gasteiger partial charge is 0.444 e. The molecule has 8 heteroatoms. The maximum absolute atomic E-state index is 11.9. The van der Waals surface area contributed by atoms with E-state index in [2.05, 4.69) is 30.7 Å². The van der Waals surface area contributed by atoms with Crippen molar-refractivity contribution >= 4 is 12.1 Å². The molecule has 1 aromatic heterocycles. The quantitative estimate of drug-likeness (QED) is 0.572. The zero-order chi connectivity index (χ0) is 17.6. The molecule has 1 aromatic rings. The van der Waals surface area contributed by atoms with Crippen molar-refractivity contribution < 1.29 is 9.53 Å². The fourth-order valence-corrected chi connectivity index (χ4v) is 2.50. The Morgan fingerprint density at radius 1 is 1.54 bits per heavy atom. The summed E-state index contributed by atoms with van der Waals surface area (Å²) in [6.45, 7) is 10.5. The van der Waals surface area contributed by atoms with Crippen molar-refractivity contribution in [1.82, 2.24) is 25.7 Å². The van der Waals surface area contributed by atoms with Crippen molar-refractivity contribution in [2.75, 3.05) is 19.6 Å². The first-order valence-corrected chi connectivity index (χ1v) is 8.38. The molecule has 1 fully saturated rings. The lowest BCUT2D eigenvalue weighted by Gasteiger charge is -2.23. The number of carbonyl (C=O) groups is 1. The van der Waals surface area contributed by atoms with E-state index in [1.807, 2.05) is 33.8 Å². The Balaban J connectivity index is 1.88. The lowest BCUT2D eigenvalue weighted by Crippen LogP contribution is -2.44. The summed E-state index contributed by atoms with van der Waals surface area (Å²) in [6.07, 6.45) is 2.22. The number of nitrogens with one attached hydrogen (secondary N) is 3. The standard InChI is InChI=1S/C16H28N6O2/c1-5-17-14(18-10-12-6-8-19-21-12)22-9-7-13(11-22)20-15(23)24-16(2,3)4/h6,8,13H,5,7,9-11H2,1-4H3,(H,17,18)(H,19,21)(H,20,23). The summed E-state index contributed by atoms with van der Waals surface area (Å²) in [5, 5.41) is 13.1. The van der Waals surface area contributed by atoms with Gasteiger partial charge in [-0.15, -0.1) is 0 Å². The number of ether oxygens (including phenoxy) is 1. The van der Waals surface area contributed by atoms with E-state index in [9.17, 15) is 4.79 Å². The van der Waals surface area contributed by atoms with Gasteiger partial charge in [-0.1, -0.05) is 0 Å². The minimum atomic E-state index is -0.483. The maximum atomic E-state index is 11.9. The molecule has 1 amide bonds. The van der Waals surface area contributed by atoms with E-state index in [1.165, 1.54) is 0 Å². The Bertz CT molecular complexity index is 549. The molecule has 8 nitrogen and oxygen atoms in total. The van der Waals surface area contributed by atoms with E-state index >= 15 is 0 Å². The highest BCUT2D eigenvalue weighted by Crippen LogP contribution is 2.12. The Morgan fingerprint density at radius 2 is 2.33 bits per heavy atom. The van der Waals surface area contributed by atoms with Gasteiger partial charge in [0.1, 0.15) is 5.60 Å². The van der Waals surface area contributed by atoms with E-state index in [1.54, 1.807) is 6.20 Å². The van der Waals surface area contributed by atoms with Crippen LogP contribution in [0.3, 0.4) is 0 Å². The molecule has 0 bridgehead atoms. The third-order valence-electron chi connectivity index (χ3n) is 3.50. The van der Waals surface area contributed by atoms with Crippen LogP contribution in [-0.4, -0.2) is 58.4 Å². The Morgan fingerprint density at radius 3 is 2.96 bits per heavy atom. The van der Waals surface area contributed by atoms with Crippen LogP contribution < -0.4 is 10.6 Å². The van der Waals surface area contributed by atoms with Gasteiger partial charge in [-0.05, 0) is 40.2 Å². The van der Waals surface area contributed by atoms with Crippen molar-refractivity contribution in [2.45, 2.75) is 52.3 Å². The number of likely N-dealkylation sites (tertiary alicyclic amines) is 1. The predicted molar refractivity (Wildman–Crippen MR) is 92.8 cm³/mol. The number of aromatic nitrogens is 2. The van der Waals surface area contributed by atoms with Crippen LogP contribution in [0.25, 0.3) is 0 Å². The van der Waals surface area contributed by atoms with Crippen LogP contribution in [0.2, 0.25) is 0 Å². The van der Waals surface area contributed by atoms with Gasteiger partial charge in [-0.25, -0.2) is 9.79 Å². The average Bonchev–Trinajstić information content (AvgIpc) is 3.12. The third-order valence-corrected chi connectivity index (χ3v) is 3.50. The first-order chi connectivity index (χ1) is 11.4. The second kappa shape index (κ2) is 8.03. The number of carbonyl (C=O) groups excluding carboxylic acids is 1. The van der Waals surface area contributed by atoms with Gasteiger partial charge in [0.15, 0.2) is 5.96 Å². The molecule has 0 aliphatic carbocycles. The molecule has 0 spiro atoms. The van der Waals surface area contributed by atoms with Crippen LogP contribution in [0, 0.1) is 0 Å². The molecule has 3 N–H and O–H groups in total. The van der Waals surface area contributed by atoms with Crippen molar-refractivity contribution in [1.29, 1.82) is 0 Å². The molecule has 1 atom stereocenters. The van der Waals surface area contributed by atoms with Crippen LogP contribution in [0.4, 0.5) is 4.79 Å². The molecule has 1 unspecified atom stereocenters. The molecule has 0 aromatic carbocycles. The van der Waals surface area contributed by atoms with Gasteiger partial charge < -0.3 is 20.3 Å². The summed E-state index contributed by atoms with van der Waals surface area (Å²) in [5.41, 5.74) is 0.482. The first kappa shape index (κ1) is 18.1. The molecule has 2 rings (SSSR count). The third kappa shape index (κ3) is 5.75. The number of rotatable bonds is 4. The highest BCUT2D eigenvalue weighted by Gasteiger charge is 2.27. The van der Waals surface area contributed by atoms with Gasteiger partial charge >= 0.3 is 6.09 Å². The average molecular weight is 336 g/mol. The number of nitrogens with zero attached hydrogens (tertiary/aromatic N) is 3. The van der Waals surface area contributed by atoms with Crippen LogP contribution in [0.1, 0.15) is 39.8 Å². The van der Waals surface area contributed by atoms with Crippen LogP contribution in [0.15, 0.2) is 17.3 Å². The molecule has 1 aliphatic rings. The van der Waals surface area contributed by atoms with Gasteiger partial charge in [0.05, 0.1) is 18.3 Å². The van der Waals surface area contributed by atoms with Gasteiger partial charge in [0.2, 0.25) is 0 Å². The van der Waals surface area contributed by atoms with Crippen molar-refractivity contribution in [3.8, 4) is 0 Å². The van der Waals surface area contributed by atoms with Crippen LogP contribution >= 0.6 is 0 Å². The van der Waals surface area contributed by atoms with Gasteiger partial charge in [-0.3, -0.25) is 5.10 Å². The number of alkyl carbamates (subject to hydrolysis) is 1. The summed E-state index contributed by atoms with van der Waals surface area (Å²) in [4.78, 5) is 18.7. The minimum absolute atomic E-state index is 0.0656. The molecule has 2 heterocycles. The molecule has 0 radical (unpaired) electrons. The monoisotopic (exact) mass is 336 g/mol. The number of aromatic amines is 1. The van der Waals surface area contributed by atoms with E-state index in [4.69, 9.17) is 4.74 Å². The van der Waals surface area contributed by atoms with Crippen LogP contribution in [-0.2, 0) is 11.3 Å². The predicted octanol–water partition coefficient (Wildman–Crippen LogP) is 1.47. The molecule has 1 aliphatic heterocycles. The minimum Gasteiger partial charge on any atom is -0.444 e. The fraction of sp³-hybridized carbons (Fsp3) is 0.688. The van der Waals surface area contributed by atoms with Gasteiger partial charge in [-0.2, -0.15) is 5.10 Å². The Kier molecular flexibility index (Phi) is 6.05. The van der Waals surface area contributed by atoms with E-state index in [0.29, 0.717) is 13.1 Å². The smallest absolute Gasteiger partial charge is 0.407 e. The number of amides is 1. The highest BCUT2D eigenvalue weighted by atomic mass is 16.6. The number of hydrogen-bond acceptors (Lipinski definition) is 4. The summed E-state index contributed by atoms with van der Waals surface area (Å²) >= 11 is 0. The second-order valence-electron chi connectivity index (χ2n) is 6.83. The Hall–Kier alpha value is -2.25. The van der Waals surface area contributed by atoms with Crippen molar-refractivity contribution in [2.24, 2.45) is 4.99 Å². The van der Waals surface area contributed by atoms with E-state index < -0.39 is 5.60 Å². The molecular weight excluding hydrogens is 308 g/mol. The zero-order valence-electron chi connectivity index (χ0n) is 14.9. The lowest BCUT2D eigenvalue weighted by molar-refractivity contribution is 0.0507. The summed E-state index contributed by atoms with van der Waals surface area (Å²) < 4.78 is 5.31. The van der Waals surface area contributed by atoms with E-state index in [-0.39, 0.29) is 12.1 Å². The highest BCUT2D eigenvalue weighted by molar-refractivity contribution is 5.80. The fourth-order valence-electron chi connectivity index (χ4n) is 2.50. The first-order valence-electron chi connectivity index (χ1n) is 8.38. The normalized spacial score (nSPS) is 18.6. The SMILES string of the molecule is CCNC(=NCc1ccn[nH]1)N1CCC(NC(=O)OC(C)(C)C)C1. The maximum Gasteiger partial charge on any atom is 0.407 e. The van der Waals surface area contributed by atoms with Gasteiger partial charge in [0.25, 0.3) is 0 Å². The molecule has 0 saturated carbocycles. The van der Waals surface area contributed by atoms with Crippen molar-refractivity contribution in [3.63, 3.8) is 0 Å². The molecule has 1 saturated heterocycles. The molecule has 24 heavy (non-hydrogen) atoms. The van der Waals surface area contributed by atoms with Crippen LogP contribution in [0.5, 0.6) is 0 Å². The lowest BCUT2D eigenvalue weighted by atomic mass is 10.2. The second-order valence-corrected chi connectivity index (χ2v) is 6.83. The van der Waals surface area contributed by atoms with E-state index in [0.717, 1.165) is 31.2 Å². The number of aliphatic imine (C=N–C) groups is 1. The number of hydrogen-bond donors (Lipinski definition) is 3. The van der Waals surface area contributed by atoms with Crippen molar-refractivity contribution in [3.05, 3.63) is 18.0 Å². The van der Waals surface area contributed by atoms with Gasteiger partial charge in [0, 0.05) is 25.8 Å². The summed E-state index contributed by atoms with van der Waals surface area (Å²) in [6, 6.07) is 1.97. The molecular formula is C16H28N6O2. The molecule has 134 valence electrons. The zero-order valence-corrected chi connectivity index (χ0v) is 14.9. The number of H-pyrrole nitrogens is 1. The number of guanidine groups is 1. The topological polar surface area (TPSA) is 94.6 Å². The summed E-state index contributed by atoms with van der Waals surface area (Å²) in [5.74, 6) is 0.848.